The predicted octanol–water partition coefficient (Wildman–Crippen LogP) is 3.90. The Kier molecular flexibility index (Phi) is 7.87. The minimum Gasteiger partial charge on any atom is -0.434 e. The van der Waals surface area contributed by atoms with Crippen molar-refractivity contribution in [1.82, 2.24) is 15.6 Å². The lowest BCUT2D eigenvalue weighted by Crippen LogP contribution is -2.38. The van der Waals surface area contributed by atoms with Crippen LogP contribution in [-0.2, 0) is 13.0 Å². The number of pyridine rings is 1. The summed E-state index contributed by atoms with van der Waals surface area (Å²) >= 11 is 11.7. The summed E-state index contributed by atoms with van der Waals surface area (Å²) < 4.78 is 29.5. The lowest BCUT2D eigenvalue weighted by molar-refractivity contribution is -0.0504. The SMILES string of the molecule is CN=C(NCCc1ccc(Cl)nc1)NCc1cc(Cl)ccc1OC(F)F. The van der Waals surface area contributed by atoms with Gasteiger partial charge in [-0.05, 0) is 36.2 Å². The van der Waals surface area contributed by atoms with Crippen LogP contribution in [0.2, 0.25) is 10.2 Å². The largest absolute Gasteiger partial charge is 0.434 e. The smallest absolute Gasteiger partial charge is 0.387 e. The highest BCUT2D eigenvalue weighted by Gasteiger charge is 2.11. The summed E-state index contributed by atoms with van der Waals surface area (Å²) in [6, 6.07) is 8.10. The van der Waals surface area contributed by atoms with Gasteiger partial charge in [0.05, 0.1) is 0 Å². The van der Waals surface area contributed by atoms with Crippen molar-refractivity contribution in [2.75, 3.05) is 13.6 Å². The molecule has 0 aliphatic rings. The molecule has 1 heterocycles. The molecule has 5 nitrogen and oxygen atoms in total. The van der Waals surface area contributed by atoms with Crippen LogP contribution in [0.25, 0.3) is 0 Å². The molecule has 9 heteroatoms. The highest BCUT2D eigenvalue weighted by atomic mass is 35.5. The highest BCUT2D eigenvalue weighted by molar-refractivity contribution is 6.30. The number of alkyl halides is 2. The topological polar surface area (TPSA) is 58.5 Å². The number of benzene rings is 1. The van der Waals surface area contributed by atoms with Gasteiger partial charge in [0.1, 0.15) is 10.9 Å². The summed E-state index contributed by atoms with van der Waals surface area (Å²) in [5.41, 5.74) is 1.53. The van der Waals surface area contributed by atoms with Crippen LogP contribution >= 0.6 is 23.2 Å². The number of hydrogen-bond donors (Lipinski definition) is 2. The summed E-state index contributed by atoms with van der Waals surface area (Å²) in [5, 5.41) is 7.05. The molecule has 1 aromatic carbocycles. The van der Waals surface area contributed by atoms with Gasteiger partial charge in [0.2, 0.25) is 0 Å². The van der Waals surface area contributed by atoms with Crippen molar-refractivity contribution in [3.05, 3.63) is 57.8 Å². The van der Waals surface area contributed by atoms with Crippen molar-refractivity contribution < 1.29 is 13.5 Å². The van der Waals surface area contributed by atoms with Gasteiger partial charge >= 0.3 is 6.61 Å². The monoisotopic (exact) mass is 402 g/mol. The summed E-state index contributed by atoms with van der Waals surface area (Å²) in [6.45, 7) is -2.07. The fraction of sp³-hybridized carbons (Fsp3) is 0.294. The van der Waals surface area contributed by atoms with Crippen LogP contribution in [0.15, 0.2) is 41.5 Å². The van der Waals surface area contributed by atoms with E-state index in [1.54, 1.807) is 25.4 Å². The highest BCUT2D eigenvalue weighted by Crippen LogP contribution is 2.24. The number of rotatable bonds is 7. The van der Waals surface area contributed by atoms with Gasteiger partial charge in [-0.25, -0.2) is 4.98 Å². The zero-order chi connectivity index (χ0) is 18.9. The fourth-order valence-electron chi connectivity index (χ4n) is 2.18. The van der Waals surface area contributed by atoms with Gasteiger partial charge in [-0.2, -0.15) is 8.78 Å². The Morgan fingerprint density at radius 3 is 2.69 bits per heavy atom. The Morgan fingerprint density at radius 1 is 1.23 bits per heavy atom. The Bertz CT molecular complexity index is 742. The number of ether oxygens (including phenoxy) is 1. The Balaban J connectivity index is 1.88. The molecule has 0 unspecified atom stereocenters. The first-order valence-electron chi connectivity index (χ1n) is 7.76. The molecule has 0 amide bonds. The molecule has 0 fully saturated rings. The fourth-order valence-corrected chi connectivity index (χ4v) is 2.48. The van der Waals surface area contributed by atoms with E-state index in [0.717, 1.165) is 12.0 Å². The average Bonchev–Trinajstić information content (AvgIpc) is 2.61. The predicted molar refractivity (Wildman–Crippen MR) is 99.2 cm³/mol. The molecular weight excluding hydrogens is 385 g/mol. The number of nitrogens with one attached hydrogen (secondary N) is 2. The van der Waals surface area contributed by atoms with Crippen molar-refractivity contribution in [2.24, 2.45) is 4.99 Å². The van der Waals surface area contributed by atoms with Crippen LogP contribution in [0.3, 0.4) is 0 Å². The average molecular weight is 403 g/mol. The Morgan fingerprint density at radius 2 is 2.04 bits per heavy atom. The normalized spacial score (nSPS) is 11.5. The lowest BCUT2D eigenvalue weighted by Gasteiger charge is -2.15. The summed E-state index contributed by atoms with van der Waals surface area (Å²) in [4.78, 5) is 8.12. The Hall–Kier alpha value is -2.12. The van der Waals surface area contributed by atoms with E-state index >= 15 is 0 Å². The molecule has 0 aliphatic carbocycles. The molecule has 1 aromatic heterocycles. The van der Waals surface area contributed by atoms with Gasteiger partial charge in [-0.3, -0.25) is 4.99 Å². The first-order valence-corrected chi connectivity index (χ1v) is 8.51. The zero-order valence-electron chi connectivity index (χ0n) is 14.0. The van der Waals surface area contributed by atoms with E-state index in [2.05, 4.69) is 25.3 Å². The molecule has 0 radical (unpaired) electrons. The number of nitrogens with zero attached hydrogens (tertiary/aromatic N) is 2. The van der Waals surface area contributed by atoms with Crippen LogP contribution in [0.4, 0.5) is 8.78 Å². The van der Waals surface area contributed by atoms with Gasteiger partial charge < -0.3 is 15.4 Å². The number of aromatic nitrogens is 1. The second-order valence-electron chi connectivity index (χ2n) is 5.22. The number of aliphatic imine (C=N–C) groups is 1. The minimum atomic E-state index is -2.90. The Labute approximate surface area is 160 Å². The van der Waals surface area contributed by atoms with Crippen LogP contribution in [0, 0.1) is 0 Å². The van der Waals surface area contributed by atoms with Gasteiger partial charge in [0.25, 0.3) is 0 Å². The van der Waals surface area contributed by atoms with Crippen LogP contribution in [0.5, 0.6) is 5.75 Å². The molecule has 2 N–H and O–H groups in total. The maximum absolute atomic E-state index is 12.5. The molecule has 140 valence electrons. The third-order valence-corrected chi connectivity index (χ3v) is 3.86. The maximum atomic E-state index is 12.5. The van der Waals surface area contributed by atoms with E-state index < -0.39 is 6.61 Å². The van der Waals surface area contributed by atoms with E-state index in [4.69, 9.17) is 23.2 Å². The van der Waals surface area contributed by atoms with Gasteiger partial charge in [0, 0.05) is 36.9 Å². The maximum Gasteiger partial charge on any atom is 0.387 e. The summed E-state index contributed by atoms with van der Waals surface area (Å²) in [7, 11) is 1.62. The molecule has 0 saturated carbocycles. The molecule has 2 rings (SSSR count). The second kappa shape index (κ2) is 10.1. The summed E-state index contributed by atoms with van der Waals surface area (Å²) in [6.07, 6.45) is 2.43. The van der Waals surface area contributed by atoms with E-state index in [-0.39, 0.29) is 12.3 Å². The zero-order valence-corrected chi connectivity index (χ0v) is 15.5. The van der Waals surface area contributed by atoms with Crippen molar-refractivity contribution in [3.63, 3.8) is 0 Å². The van der Waals surface area contributed by atoms with Crippen LogP contribution in [0.1, 0.15) is 11.1 Å². The van der Waals surface area contributed by atoms with Crippen molar-refractivity contribution in [3.8, 4) is 5.75 Å². The molecule has 0 saturated heterocycles. The van der Waals surface area contributed by atoms with Crippen molar-refractivity contribution in [2.45, 2.75) is 19.6 Å². The number of hydrogen-bond acceptors (Lipinski definition) is 3. The minimum absolute atomic E-state index is 0.0691. The van der Waals surface area contributed by atoms with Gasteiger partial charge in [-0.1, -0.05) is 29.3 Å². The van der Waals surface area contributed by atoms with Crippen molar-refractivity contribution >= 4 is 29.2 Å². The summed E-state index contributed by atoms with van der Waals surface area (Å²) in [5.74, 6) is 0.592. The molecule has 0 atom stereocenters. The first kappa shape index (κ1) is 20.2. The van der Waals surface area contributed by atoms with E-state index in [1.807, 2.05) is 6.07 Å². The lowest BCUT2D eigenvalue weighted by atomic mass is 10.2. The molecular formula is C17H18Cl2F2N4O. The molecule has 2 aromatic rings. The molecule has 26 heavy (non-hydrogen) atoms. The first-order chi connectivity index (χ1) is 12.5. The standard InChI is InChI=1S/C17H18Cl2F2N4O/c1-22-17(23-7-6-11-2-5-15(19)24-9-11)25-10-12-8-13(18)3-4-14(12)26-16(20)21/h2-5,8-9,16H,6-7,10H2,1H3,(H2,22,23,25). The third kappa shape index (κ3) is 6.65. The molecule has 0 bridgehead atoms. The number of halogens is 4. The van der Waals surface area contributed by atoms with E-state index in [0.29, 0.717) is 28.2 Å². The second-order valence-corrected chi connectivity index (χ2v) is 6.05. The van der Waals surface area contributed by atoms with E-state index in [1.165, 1.54) is 12.1 Å². The van der Waals surface area contributed by atoms with E-state index in [9.17, 15) is 8.78 Å². The van der Waals surface area contributed by atoms with Crippen LogP contribution < -0.4 is 15.4 Å². The third-order valence-electron chi connectivity index (χ3n) is 3.40. The van der Waals surface area contributed by atoms with Gasteiger partial charge in [-0.15, -0.1) is 0 Å². The van der Waals surface area contributed by atoms with Crippen LogP contribution in [-0.4, -0.2) is 31.1 Å². The quantitative estimate of drug-likeness (QED) is 0.418. The molecule has 0 aliphatic heterocycles. The van der Waals surface area contributed by atoms with Gasteiger partial charge in [0.15, 0.2) is 5.96 Å². The number of guanidine groups is 1. The van der Waals surface area contributed by atoms with Crippen molar-refractivity contribution in [1.29, 1.82) is 0 Å². The molecule has 0 spiro atoms.